The van der Waals surface area contributed by atoms with Crippen LogP contribution in [-0.4, -0.2) is 12.1 Å². The molecule has 1 aromatic heterocycles. The summed E-state index contributed by atoms with van der Waals surface area (Å²) in [6.07, 6.45) is -2.59. The monoisotopic (exact) mass is 221 g/mol. The van der Waals surface area contributed by atoms with E-state index in [-0.39, 0.29) is 17.5 Å². The normalized spacial score (nSPS) is 10.7. The molecule has 2 nitrogen and oxygen atoms in total. The van der Waals surface area contributed by atoms with Gasteiger partial charge in [-0.15, -0.1) is 11.6 Å². The number of halogens is 3. The molecular weight excluding hydrogens is 212 g/mol. The van der Waals surface area contributed by atoms with E-state index in [1.54, 1.807) is 6.92 Å². The van der Waals surface area contributed by atoms with E-state index in [9.17, 15) is 8.78 Å². The molecule has 0 saturated carbocycles. The van der Waals surface area contributed by atoms with E-state index in [0.717, 1.165) is 0 Å². The Morgan fingerprint density at radius 1 is 1.57 bits per heavy atom. The Morgan fingerprint density at radius 3 is 2.64 bits per heavy atom. The molecule has 0 aliphatic rings. The van der Waals surface area contributed by atoms with Crippen LogP contribution in [0.2, 0.25) is 0 Å². The predicted octanol–water partition coefficient (Wildman–Crippen LogP) is 3.08. The quantitative estimate of drug-likeness (QED) is 0.732. The molecular formula is C9H10ClF2NO. The highest BCUT2D eigenvalue weighted by Gasteiger charge is 2.15. The van der Waals surface area contributed by atoms with Gasteiger partial charge >= 0.3 is 0 Å². The summed E-state index contributed by atoms with van der Waals surface area (Å²) in [5, 5.41) is 0. The Balaban J connectivity index is 3.24. The summed E-state index contributed by atoms with van der Waals surface area (Å²) < 4.78 is 29.6. The molecule has 5 heteroatoms. The van der Waals surface area contributed by atoms with E-state index in [4.69, 9.17) is 16.3 Å². The number of methoxy groups -OCH3 is 1. The molecule has 0 atom stereocenters. The fourth-order valence-corrected chi connectivity index (χ4v) is 1.46. The van der Waals surface area contributed by atoms with Gasteiger partial charge in [0, 0.05) is 5.56 Å². The molecule has 1 heterocycles. The molecule has 0 aliphatic heterocycles. The Bertz CT molecular complexity index is 331. The van der Waals surface area contributed by atoms with Crippen LogP contribution in [0, 0.1) is 6.92 Å². The minimum absolute atomic E-state index is 0.176. The maximum Gasteiger partial charge on any atom is 0.280 e. The number of nitrogens with zero attached hydrogens (tertiary/aromatic N) is 1. The van der Waals surface area contributed by atoms with Gasteiger partial charge in [0.15, 0.2) is 0 Å². The third-order valence-electron chi connectivity index (χ3n) is 1.88. The highest BCUT2D eigenvalue weighted by Crippen LogP contribution is 2.26. The van der Waals surface area contributed by atoms with Crippen molar-refractivity contribution >= 4 is 11.6 Å². The van der Waals surface area contributed by atoms with Crippen molar-refractivity contribution < 1.29 is 13.5 Å². The highest BCUT2D eigenvalue weighted by atomic mass is 35.5. The third-order valence-corrected chi connectivity index (χ3v) is 2.15. The summed E-state index contributed by atoms with van der Waals surface area (Å²) in [6.45, 7) is 1.70. The molecule has 0 aromatic carbocycles. The summed E-state index contributed by atoms with van der Waals surface area (Å²) in [5.41, 5.74) is 1.04. The number of alkyl halides is 3. The first-order valence-electron chi connectivity index (χ1n) is 3.98. The highest BCUT2D eigenvalue weighted by molar-refractivity contribution is 6.17. The van der Waals surface area contributed by atoms with E-state index in [2.05, 4.69) is 4.98 Å². The van der Waals surface area contributed by atoms with Crippen LogP contribution in [0.1, 0.15) is 23.2 Å². The summed E-state index contributed by atoms with van der Waals surface area (Å²) in [5.74, 6) is 0.376. The van der Waals surface area contributed by atoms with E-state index >= 15 is 0 Å². The first-order chi connectivity index (χ1) is 6.60. The lowest BCUT2D eigenvalue weighted by atomic mass is 10.1. The van der Waals surface area contributed by atoms with Crippen LogP contribution < -0.4 is 4.74 Å². The smallest absolute Gasteiger partial charge is 0.280 e. The lowest BCUT2D eigenvalue weighted by Crippen LogP contribution is -2.00. The van der Waals surface area contributed by atoms with E-state index < -0.39 is 6.43 Å². The van der Waals surface area contributed by atoms with Crippen molar-refractivity contribution in [3.63, 3.8) is 0 Å². The van der Waals surface area contributed by atoms with Crippen molar-refractivity contribution in [2.24, 2.45) is 0 Å². The van der Waals surface area contributed by atoms with Crippen molar-refractivity contribution in [3.05, 3.63) is 22.9 Å². The van der Waals surface area contributed by atoms with Crippen molar-refractivity contribution in [1.82, 2.24) is 4.98 Å². The van der Waals surface area contributed by atoms with E-state index in [1.807, 2.05) is 0 Å². The average Bonchev–Trinajstić information content (AvgIpc) is 2.16. The topological polar surface area (TPSA) is 22.1 Å². The number of aromatic nitrogens is 1. The first-order valence-corrected chi connectivity index (χ1v) is 4.52. The lowest BCUT2D eigenvalue weighted by molar-refractivity contribution is 0.145. The number of aryl methyl sites for hydroxylation is 1. The second-order valence-corrected chi connectivity index (χ2v) is 3.05. The summed E-state index contributed by atoms with van der Waals surface area (Å²) in [6, 6.07) is 1.32. The van der Waals surface area contributed by atoms with Gasteiger partial charge in [0.2, 0.25) is 5.88 Å². The first kappa shape index (κ1) is 11.2. The molecule has 1 aromatic rings. The molecule has 0 fully saturated rings. The fraction of sp³-hybridized carbons (Fsp3) is 0.444. The molecule has 0 spiro atoms. The van der Waals surface area contributed by atoms with Crippen LogP contribution >= 0.6 is 11.6 Å². The molecule has 78 valence electrons. The lowest BCUT2D eigenvalue weighted by Gasteiger charge is -2.10. The van der Waals surface area contributed by atoms with Gasteiger partial charge in [-0.2, -0.15) is 0 Å². The second kappa shape index (κ2) is 4.55. The third kappa shape index (κ3) is 2.12. The van der Waals surface area contributed by atoms with Crippen LogP contribution in [0.4, 0.5) is 8.78 Å². The maximum atomic E-state index is 12.3. The number of ether oxygens (including phenoxy) is 1. The molecule has 0 N–H and O–H groups in total. The fourth-order valence-electron chi connectivity index (χ4n) is 1.14. The van der Waals surface area contributed by atoms with Crippen LogP contribution in [0.25, 0.3) is 0 Å². The molecule has 1 rings (SSSR count). The van der Waals surface area contributed by atoms with Crippen LogP contribution in [-0.2, 0) is 5.88 Å². The van der Waals surface area contributed by atoms with Gasteiger partial charge in [0.1, 0.15) is 5.69 Å². The Morgan fingerprint density at radius 2 is 2.21 bits per heavy atom. The van der Waals surface area contributed by atoms with E-state index in [1.165, 1.54) is 13.2 Å². The molecule has 0 aliphatic carbocycles. The van der Waals surface area contributed by atoms with Gasteiger partial charge < -0.3 is 4.74 Å². The molecule has 0 saturated heterocycles. The van der Waals surface area contributed by atoms with Crippen LogP contribution in [0.15, 0.2) is 6.07 Å². The maximum absolute atomic E-state index is 12.3. The molecule has 14 heavy (non-hydrogen) atoms. The van der Waals surface area contributed by atoms with Gasteiger partial charge in [-0.1, -0.05) is 0 Å². The SMILES string of the molecule is COc1nc(C(F)F)cc(C)c1CCl. The summed E-state index contributed by atoms with van der Waals surface area (Å²) in [4.78, 5) is 3.67. The van der Waals surface area contributed by atoms with Crippen molar-refractivity contribution in [1.29, 1.82) is 0 Å². The van der Waals surface area contributed by atoms with Crippen molar-refractivity contribution in [2.45, 2.75) is 19.2 Å². The number of hydrogen-bond acceptors (Lipinski definition) is 2. The summed E-state index contributed by atoms with van der Waals surface area (Å²) in [7, 11) is 1.38. The zero-order valence-electron chi connectivity index (χ0n) is 7.85. The van der Waals surface area contributed by atoms with E-state index in [0.29, 0.717) is 11.1 Å². The van der Waals surface area contributed by atoms with Gasteiger partial charge in [-0.3, -0.25) is 0 Å². The standard InChI is InChI=1S/C9H10ClF2NO/c1-5-3-7(8(11)12)13-9(14-2)6(5)4-10/h3,8H,4H2,1-2H3. The summed E-state index contributed by atoms with van der Waals surface area (Å²) >= 11 is 5.64. The van der Waals surface area contributed by atoms with Gasteiger partial charge in [0.25, 0.3) is 6.43 Å². The van der Waals surface area contributed by atoms with Gasteiger partial charge in [-0.05, 0) is 18.6 Å². The molecule has 0 radical (unpaired) electrons. The van der Waals surface area contributed by atoms with Crippen molar-refractivity contribution in [3.8, 4) is 5.88 Å². The zero-order valence-corrected chi connectivity index (χ0v) is 8.61. The largest absolute Gasteiger partial charge is 0.481 e. The Labute approximate surface area is 85.9 Å². The Kier molecular flexibility index (Phi) is 3.63. The number of hydrogen-bond donors (Lipinski definition) is 0. The minimum atomic E-state index is -2.59. The zero-order chi connectivity index (χ0) is 10.7. The Hall–Kier alpha value is -0.900. The minimum Gasteiger partial charge on any atom is -0.481 e. The molecule has 0 amide bonds. The van der Waals surface area contributed by atoms with Gasteiger partial charge in [0.05, 0.1) is 13.0 Å². The van der Waals surface area contributed by atoms with Crippen LogP contribution in [0.3, 0.4) is 0 Å². The van der Waals surface area contributed by atoms with Crippen molar-refractivity contribution in [2.75, 3.05) is 7.11 Å². The van der Waals surface area contributed by atoms with Crippen LogP contribution in [0.5, 0.6) is 5.88 Å². The second-order valence-electron chi connectivity index (χ2n) is 2.79. The van der Waals surface area contributed by atoms with Gasteiger partial charge in [-0.25, -0.2) is 13.8 Å². The number of pyridine rings is 1. The molecule has 0 unspecified atom stereocenters. The predicted molar refractivity (Wildman–Crippen MR) is 50.0 cm³/mol. The number of rotatable bonds is 3. The molecule has 0 bridgehead atoms. The average molecular weight is 222 g/mol.